The van der Waals surface area contributed by atoms with Crippen molar-refractivity contribution in [3.8, 4) is 0 Å². The topological polar surface area (TPSA) is 12.4 Å². The smallest absolute Gasteiger partial charge is 0.0665 e. The van der Waals surface area contributed by atoms with Gasteiger partial charge in [0.05, 0.1) is 5.70 Å². The molecule has 0 aromatic heterocycles. The van der Waals surface area contributed by atoms with E-state index in [0.29, 0.717) is 0 Å². The molecule has 0 spiro atoms. The Balaban J connectivity index is 2.25. The average Bonchev–Trinajstić information content (AvgIpc) is 2.67. The summed E-state index contributed by atoms with van der Waals surface area (Å²) in [6, 6.07) is 10.3. The van der Waals surface area contributed by atoms with Crippen LogP contribution in [0.5, 0.6) is 0 Å². The summed E-state index contributed by atoms with van der Waals surface area (Å²) >= 11 is 0. The Kier molecular flexibility index (Phi) is 2.26. The fraction of sp³-hybridized carbons (Fsp3) is 0.250. The van der Waals surface area contributed by atoms with Gasteiger partial charge in [-0.05, 0) is 12.0 Å². The second-order valence-corrected chi connectivity index (χ2v) is 3.19. The molecule has 0 fully saturated rings. The quantitative estimate of drug-likeness (QED) is 0.647. The van der Waals surface area contributed by atoms with Crippen LogP contribution in [0.15, 0.2) is 41.4 Å². The van der Waals surface area contributed by atoms with Crippen molar-refractivity contribution < 1.29 is 0 Å². The molecule has 0 bridgehead atoms. The van der Waals surface area contributed by atoms with Gasteiger partial charge in [-0.15, -0.1) is 0 Å². The molecule has 0 amide bonds. The zero-order chi connectivity index (χ0) is 9.10. The highest BCUT2D eigenvalue weighted by atomic mass is 14.8. The molecule has 0 aliphatic carbocycles. The first kappa shape index (κ1) is 8.24. The molecule has 0 atom stereocenters. The summed E-state index contributed by atoms with van der Waals surface area (Å²) in [4.78, 5) is 4.55. The summed E-state index contributed by atoms with van der Waals surface area (Å²) in [5.41, 5.74) is 3.65. The first-order valence-corrected chi connectivity index (χ1v) is 4.72. The van der Waals surface area contributed by atoms with Crippen LogP contribution in [0, 0.1) is 0 Å². The maximum Gasteiger partial charge on any atom is 0.0665 e. The van der Waals surface area contributed by atoms with Crippen molar-refractivity contribution in [1.29, 1.82) is 0 Å². The molecule has 1 aliphatic heterocycles. The minimum Gasteiger partial charge on any atom is -0.257 e. The van der Waals surface area contributed by atoms with Crippen LogP contribution in [0.25, 0.3) is 5.70 Å². The van der Waals surface area contributed by atoms with E-state index in [9.17, 15) is 0 Å². The van der Waals surface area contributed by atoms with E-state index >= 15 is 0 Å². The van der Waals surface area contributed by atoms with Gasteiger partial charge in [0.1, 0.15) is 0 Å². The van der Waals surface area contributed by atoms with Gasteiger partial charge in [-0.3, -0.25) is 4.99 Å². The Labute approximate surface area is 78.8 Å². The lowest BCUT2D eigenvalue weighted by atomic mass is 10.1. The Hall–Kier alpha value is -1.37. The van der Waals surface area contributed by atoms with E-state index in [2.05, 4.69) is 42.3 Å². The van der Waals surface area contributed by atoms with Crippen LogP contribution < -0.4 is 0 Å². The fourth-order valence-electron chi connectivity index (χ4n) is 1.49. The second-order valence-electron chi connectivity index (χ2n) is 3.19. The molecule has 1 aliphatic rings. The van der Waals surface area contributed by atoms with Crippen molar-refractivity contribution in [3.63, 3.8) is 0 Å². The molecule has 1 heteroatoms. The Morgan fingerprint density at radius 3 is 2.62 bits per heavy atom. The van der Waals surface area contributed by atoms with E-state index in [-0.39, 0.29) is 0 Å². The van der Waals surface area contributed by atoms with Gasteiger partial charge in [0, 0.05) is 12.1 Å². The lowest BCUT2D eigenvalue weighted by Crippen LogP contribution is -1.87. The maximum absolute atomic E-state index is 4.55. The number of hydrogen-bond acceptors (Lipinski definition) is 1. The lowest BCUT2D eigenvalue weighted by Gasteiger charge is -1.97. The minimum atomic E-state index is 1.03. The Morgan fingerprint density at radius 2 is 2.00 bits per heavy atom. The first-order chi connectivity index (χ1) is 6.40. The molecule has 1 heterocycles. The highest BCUT2D eigenvalue weighted by Crippen LogP contribution is 2.22. The summed E-state index contributed by atoms with van der Waals surface area (Å²) in [5, 5.41) is 0. The third kappa shape index (κ3) is 1.69. The third-order valence-electron chi connectivity index (χ3n) is 2.29. The van der Waals surface area contributed by atoms with Crippen LogP contribution in [0.3, 0.4) is 0 Å². The number of nitrogens with zero attached hydrogens (tertiary/aromatic N) is 1. The van der Waals surface area contributed by atoms with E-state index in [4.69, 9.17) is 0 Å². The van der Waals surface area contributed by atoms with Crippen LogP contribution in [0.4, 0.5) is 0 Å². The van der Waals surface area contributed by atoms with Gasteiger partial charge >= 0.3 is 0 Å². The fourth-order valence-corrected chi connectivity index (χ4v) is 1.49. The van der Waals surface area contributed by atoms with Crippen molar-refractivity contribution in [3.05, 3.63) is 42.0 Å². The normalized spacial score (nSPS) is 15.5. The summed E-state index contributed by atoms with van der Waals surface area (Å²) < 4.78 is 0. The number of benzene rings is 1. The van der Waals surface area contributed by atoms with Gasteiger partial charge in [0.15, 0.2) is 0 Å². The number of rotatable bonds is 2. The van der Waals surface area contributed by atoms with Crippen molar-refractivity contribution >= 4 is 11.4 Å². The second kappa shape index (κ2) is 3.56. The van der Waals surface area contributed by atoms with Crippen LogP contribution in [-0.4, -0.2) is 5.71 Å². The summed E-state index contributed by atoms with van der Waals surface area (Å²) in [6.07, 6.45) is 4.29. The lowest BCUT2D eigenvalue weighted by molar-refractivity contribution is 1.24. The van der Waals surface area contributed by atoms with E-state index in [1.807, 2.05) is 6.07 Å². The zero-order valence-electron chi connectivity index (χ0n) is 7.83. The van der Waals surface area contributed by atoms with Crippen molar-refractivity contribution in [2.75, 3.05) is 0 Å². The molecule has 1 nitrogen and oxygen atoms in total. The number of aliphatic imine (C=N–C) groups is 1. The highest BCUT2D eigenvalue weighted by Gasteiger charge is 2.07. The molecule has 2 rings (SSSR count). The van der Waals surface area contributed by atoms with E-state index in [1.165, 1.54) is 11.3 Å². The molecule has 0 unspecified atom stereocenters. The molecule has 1 aromatic rings. The summed E-state index contributed by atoms with van der Waals surface area (Å²) in [5.74, 6) is 0. The molecular formula is C12H13N. The first-order valence-electron chi connectivity index (χ1n) is 4.72. The molecule has 1 aromatic carbocycles. The predicted molar refractivity (Wildman–Crippen MR) is 56.8 cm³/mol. The van der Waals surface area contributed by atoms with Gasteiger partial charge in [-0.1, -0.05) is 43.3 Å². The van der Waals surface area contributed by atoms with Crippen LogP contribution in [-0.2, 0) is 0 Å². The molecular weight excluding hydrogens is 158 g/mol. The van der Waals surface area contributed by atoms with Crippen LogP contribution in [0.2, 0.25) is 0 Å². The van der Waals surface area contributed by atoms with Gasteiger partial charge in [-0.2, -0.15) is 0 Å². The van der Waals surface area contributed by atoms with Gasteiger partial charge < -0.3 is 0 Å². The van der Waals surface area contributed by atoms with Crippen molar-refractivity contribution in [2.45, 2.75) is 19.8 Å². The van der Waals surface area contributed by atoms with Gasteiger partial charge in [0.25, 0.3) is 0 Å². The van der Waals surface area contributed by atoms with Crippen molar-refractivity contribution in [1.82, 2.24) is 0 Å². The summed E-state index contributed by atoms with van der Waals surface area (Å²) in [7, 11) is 0. The number of allylic oxidation sites excluding steroid dienone is 1. The monoisotopic (exact) mass is 171 g/mol. The van der Waals surface area contributed by atoms with Gasteiger partial charge in [-0.25, -0.2) is 0 Å². The molecule has 0 saturated carbocycles. The Morgan fingerprint density at radius 1 is 1.23 bits per heavy atom. The minimum absolute atomic E-state index is 1.03. The van der Waals surface area contributed by atoms with Crippen molar-refractivity contribution in [2.24, 2.45) is 4.99 Å². The molecule has 66 valence electrons. The standard InChI is InChI=1S/C12H13N/c1-2-11-8-9-12(13-11)10-6-4-3-5-7-10/h3-7,9H,2,8H2,1H3. The van der Waals surface area contributed by atoms with Crippen LogP contribution in [0.1, 0.15) is 25.3 Å². The predicted octanol–water partition coefficient (Wildman–Crippen LogP) is 3.28. The third-order valence-corrected chi connectivity index (χ3v) is 2.29. The highest BCUT2D eigenvalue weighted by molar-refractivity contribution is 5.95. The van der Waals surface area contributed by atoms with E-state index < -0.39 is 0 Å². The van der Waals surface area contributed by atoms with E-state index in [1.54, 1.807) is 0 Å². The molecule has 0 N–H and O–H groups in total. The maximum atomic E-state index is 4.55. The SMILES string of the molecule is CCC1=NC(c2ccccc2)=CC1. The zero-order valence-corrected chi connectivity index (χ0v) is 7.83. The Bertz CT molecular complexity index is 347. The average molecular weight is 171 g/mol. The van der Waals surface area contributed by atoms with Crippen LogP contribution >= 0.6 is 0 Å². The number of hydrogen-bond donors (Lipinski definition) is 0. The van der Waals surface area contributed by atoms with Gasteiger partial charge in [0.2, 0.25) is 0 Å². The summed E-state index contributed by atoms with van der Waals surface area (Å²) in [6.45, 7) is 2.15. The van der Waals surface area contributed by atoms with E-state index in [0.717, 1.165) is 18.5 Å². The molecule has 13 heavy (non-hydrogen) atoms. The largest absolute Gasteiger partial charge is 0.257 e. The molecule has 0 saturated heterocycles. The molecule has 0 radical (unpaired) electrons.